The van der Waals surface area contributed by atoms with Crippen molar-refractivity contribution in [3.05, 3.63) is 106 Å². The number of amides is 1. The molecule has 0 atom stereocenters. The Bertz CT molecular complexity index is 1310. The predicted octanol–water partition coefficient (Wildman–Crippen LogP) is 7.25. The molecule has 0 aliphatic carbocycles. The van der Waals surface area contributed by atoms with E-state index in [-0.39, 0.29) is 5.88 Å². The normalized spacial score (nSPS) is 12.4. The molecule has 0 unspecified atom stereocenters. The molecular formula is C27H23ClF3N3O2. The predicted molar refractivity (Wildman–Crippen MR) is 133 cm³/mol. The molecule has 3 aromatic rings. The van der Waals surface area contributed by atoms with Crippen molar-refractivity contribution in [3.8, 4) is 5.88 Å². The number of hydrogen-bond acceptors (Lipinski definition) is 3. The number of alkyl halides is 3. The molecule has 1 heterocycles. The largest absolute Gasteiger partial charge is 0.462 e. The Hall–Kier alpha value is -3.83. The van der Waals surface area contributed by atoms with Crippen LogP contribution in [0.3, 0.4) is 0 Å². The number of nitrogens with zero attached hydrogens (tertiary/aromatic N) is 2. The standard InChI is InChI=1S/C27H23ClF3N3O2/c1-17(34-25(35)26(2,3)36-24-13-10-20(16-33-24)27(29,30)31)23(14-18-8-11-21(28)12-9-18)19-6-5-7-22(15-19)32-4/h5-13,15-16H,14H2,1-3H3,(H,34,35)/b23-17-. The van der Waals surface area contributed by atoms with Crippen LogP contribution >= 0.6 is 11.6 Å². The Labute approximate surface area is 212 Å². The first-order valence-corrected chi connectivity index (χ1v) is 11.2. The summed E-state index contributed by atoms with van der Waals surface area (Å²) in [7, 11) is 0. The van der Waals surface area contributed by atoms with E-state index in [4.69, 9.17) is 22.9 Å². The third kappa shape index (κ3) is 6.86. The molecule has 0 aliphatic rings. The van der Waals surface area contributed by atoms with E-state index in [0.29, 0.717) is 29.0 Å². The molecule has 3 rings (SSSR count). The van der Waals surface area contributed by atoms with Gasteiger partial charge in [0.15, 0.2) is 11.3 Å². The summed E-state index contributed by atoms with van der Waals surface area (Å²) in [4.78, 5) is 20.3. The van der Waals surface area contributed by atoms with Gasteiger partial charge in [0.2, 0.25) is 5.88 Å². The Morgan fingerprint density at radius 2 is 1.81 bits per heavy atom. The fraction of sp³-hybridized carbons (Fsp3) is 0.222. The van der Waals surface area contributed by atoms with Crippen molar-refractivity contribution in [1.82, 2.24) is 10.3 Å². The van der Waals surface area contributed by atoms with Crippen molar-refractivity contribution >= 4 is 28.8 Å². The summed E-state index contributed by atoms with van der Waals surface area (Å²) in [6.07, 6.45) is -3.42. The van der Waals surface area contributed by atoms with Gasteiger partial charge in [0.05, 0.1) is 12.1 Å². The molecule has 1 aromatic heterocycles. The molecule has 0 saturated carbocycles. The van der Waals surface area contributed by atoms with Gasteiger partial charge >= 0.3 is 6.18 Å². The number of carbonyl (C=O) groups excluding carboxylic acids is 1. The lowest BCUT2D eigenvalue weighted by atomic mass is 9.95. The van der Waals surface area contributed by atoms with Gasteiger partial charge in [0.25, 0.3) is 5.91 Å². The minimum Gasteiger partial charge on any atom is -0.462 e. The van der Waals surface area contributed by atoms with E-state index in [0.717, 1.165) is 28.8 Å². The van der Waals surface area contributed by atoms with Crippen molar-refractivity contribution in [1.29, 1.82) is 0 Å². The number of nitrogens with one attached hydrogen (secondary N) is 1. The van der Waals surface area contributed by atoms with E-state index in [1.165, 1.54) is 13.8 Å². The molecule has 186 valence electrons. The summed E-state index contributed by atoms with van der Waals surface area (Å²) in [6.45, 7) is 12.0. The second kappa shape index (κ2) is 10.8. The van der Waals surface area contributed by atoms with Gasteiger partial charge in [-0.3, -0.25) is 4.79 Å². The number of benzene rings is 2. The maximum atomic E-state index is 13.1. The summed E-state index contributed by atoms with van der Waals surface area (Å²) in [6, 6.07) is 16.3. The highest BCUT2D eigenvalue weighted by Gasteiger charge is 2.33. The van der Waals surface area contributed by atoms with Crippen LogP contribution in [0.15, 0.2) is 72.6 Å². The number of ether oxygens (including phenoxy) is 1. The number of aromatic nitrogens is 1. The zero-order valence-corrected chi connectivity index (χ0v) is 20.5. The van der Waals surface area contributed by atoms with Gasteiger partial charge in [0.1, 0.15) is 0 Å². The van der Waals surface area contributed by atoms with E-state index < -0.39 is 23.2 Å². The van der Waals surface area contributed by atoms with Gasteiger partial charge in [0, 0.05) is 23.0 Å². The molecular weight excluding hydrogens is 491 g/mol. The second-order valence-electron chi connectivity index (χ2n) is 8.52. The maximum absolute atomic E-state index is 13.1. The van der Waals surface area contributed by atoms with Crippen LogP contribution in [0.4, 0.5) is 18.9 Å². The fourth-order valence-corrected chi connectivity index (χ4v) is 3.46. The number of halogens is 4. The maximum Gasteiger partial charge on any atom is 0.417 e. The van der Waals surface area contributed by atoms with Gasteiger partial charge in [-0.25, -0.2) is 9.83 Å². The van der Waals surface area contributed by atoms with Crippen LogP contribution in [0, 0.1) is 6.57 Å². The minimum atomic E-state index is -4.52. The van der Waals surface area contributed by atoms with Crippen molar-refractivity contribution in [2.75, 3.05) is 0 Å². The molecule has 1 N–H and O–H groups in total. The molecule has 0 aliphatic heterocycles. The smallest absolute Gasteiger partial charge is 0.417 e. The van der Waals surface area contributed by atoms with Crippen molar-refractivity contribution in [2.45, 2.75) is 39.0 Å². The summed E-state index contributed by atoms with van der Waals surface area (Å²) < 4.78 is 44.0. The van der Waals surface area contributed by atoms with Crippen molar-refractivity contribution < 1.29 is 22.7 Å². The number of pyridine rings is 1. The minimum absolute atomic E-state index is 0.115. The van der Waals surface area contributed by atoms with Gasteiger partial charge in [-0.05, 0) is 68.2 Å². The van der Waals surface area contributed by atoms with E-state index in [9.17, 15) is 18.0 Å². The first-order valence-electron chi connectivity index (χ1n) is 10.8. The summed E-state index contributed by atoms with van der Waals surface area (Å²) >= 11 is 6.01. The van der Waals surface area contributed by atoms with Crippen LogP contribution in [0.25, 0.3) is 10.4 Å². The van der Waals surface area contributed by atoms with Crippen LogP contribution in [0.2, 0.25) is 5.02 Å². The molecule has 0 saturated heterocycles. The average molecular weight is 514 g/mol. The van der Waals surface area contributed by atoms with Gasteiger partial charge in [-0.15, -0.1) is 0 Å². The SMILES string of the molecule is [C-]#[N+]c1cccc(/C(Cc2ccc(Cl)cc2)=C(/C)NC(=O)C(C)(C)Oc2ccc(C(F)(F)F)cn2)c1. The zero-order chi connectivity index (χ0) is 26.5. The molecule has 5 nitrogen and oxygen atoms in total. The summed E-state index contributed by atoms with van der Waals surface area (Å²) in [5.41, 5.74) is 1.12. The van der Waals surface area contributed by atoms with Gasteiger partial charge in [-0.2, -0.15) is 13.2 Å². The number of carbonyl (C=O) groups is 1. The lowest BCUT2D eigenvalue weighted by Crippen LogP contribution is -2.46. The Kier molecular flexibility index (Phi) is 8.06. The van der Waals surface area contributed by atoms with Gasteiger partial charge in [-0.1, -0.05) is 41.9 Å². The van der Waals surface area contributed by atoms with E-state index in [1.807, 2.05) is 18.2 Å². The second-order valence-corrected chi connectivity index (χ2v) is 8.95. The quantitative estimate of drug-likeness (QED) is 0.338. The Balaban J connectivity index is 1.87. The molecule has 0 bridgehead atoms. The average Bonchev–Trinajstić information content (AvgIpc) is 2.83. The highest BCUT2D eigenvalue weighted by molar-refractivity contribution is 6.30. The lowest BCUT2D eigenvalue weighted by molar-refractivity contribution is -0.138. The Morgan fingerprint density at radius 1 is 1.11 bits per heavy atom. The number of rotatable bonds is 7. The third-order valence-corrected chi connectivity index (χ3v) is 5.59. The molecule has 0 fully saturated rings. The Morgan fingerprint density at radius 3 is 2.39 bits per heavy atom. The number of hydrogen-bond donors (Lipinski definition) is 1. The molecule has 9 heteroatoms. The first-order chi connectivity index (χ1) is 16.9. The molecule has 2 aromatic carbocycles. The summed E-state index contributed by atoms with van der Waals surface area (Å²) in [5, 5.41) is 3.45. The van der Waals surface area contributed by atoms with Crippen molar-refractivity contribution in [2.24, 2.45) is 0 Å². The van der Waals surface area contributed by atoms with E-state index in [2.05, 4.69) is 15.1 Å². The van der Waals surface area contributed by atoms with Crippen LogP contribution in [-0.2, 0) is 17.4 Å². The highest BCUT2D eigenvalue weighted by Crippen LogP contribution is 2.30. The lowest BCUT2D eigenvalue weighted by Gasteiger charge is -2.26. The number of allylic oxidation sites excluding steroid dienone is 2. The van der Waals surface area contributed by atoms with Crippen molar-refractivity contribution in [3.63, 3.8) is 0 Å². The van der Waals surface area contributed by atoms with E-state index >= 15 is 0 Å². The highest BCUT2D eigenvalue weighted by atomic mass is 35.5. The van der Waals surface area contributed by atoms with Gasteiger partial charge < -0.3 is 10.1 Å². The third-order valence-electron chi connectivity index (χ3n) is 5.34. The molecule has 1 amide bonds. The van der Waals surface area contributed by atoms with E-state index in [1.54, 1.807) is 37.3 Å². The monoisotopic (exact) mass is 513 g/mol. The molecule has 0 spiro atoms. The summed E-state index contributed by atoms with van der Waals surface area (Å²) in [5.74, 6) is -0.632. The zero-order valence-electron chi connectivity index (χ0n) is 19.8. The topological polar surface area (TPSA) is 55.6 Å². The van der Waals surface area contributed by atoms with Crippen LogP contribution in [-0.4, -0.2) is 16.5 Å². The first kappa shape index (κ1) is 26.8. The van der Waals surface area contributed by atoms with Crippen LogP contribution in [0.5, 0.6) is 5.88 Å². The van der Waals surface area contributed by atoms with Crippen LogP contribution in [0.1, 0.15) is 37.5 Å². The fourth-order valence-electron chi connectivity index (χ4n) is 3.33. The molecule has 0 radical (unpaired) electrons. The molecule has 36 heavy (non-hydrogen) atoms. The van der Waals surface area contributed by atoms with Crippen LogP contribution < -0.4 is 10.1 Å².